The molecular weight excluding hydrogens is 763 g/mol. The fraction of sp³-hybridized carbons (Fsp3) is 0.250. The van der Waals surface area contributed by atoms with Crippen LogP contribution in [0.5, 0.6) is 11.5 Å². The van der Waals surface area contributed by atoms with Crippen molar-refractivity contribution >= 4 is 40.0 Å². The van der Waals surface area contributed by atoms with E-state index in [1.165, 1.54) is 28.8 Å². The molecule has 0 spiro atoms. The zero-order valence-corrected chi connectivity index (χ0v) is 32.7. The lowest BCUT2D eigenvalue weighted by molar-refractivity contribution is -0.128. The van der Waals surface area contributed by atoms with Crippen molar-refractivity contribution in [2.45, 2.75) is 38.4 Å². The first-order valence-electron chi connectivity index (χ1n) is 19.7. The van der Waals surface area contributed by atoms with Gasteiger partial charge in [-0.15, -0.1) is 0 Å². The lowest BCUT2D eigenvalue weighted by atomic mass is 10.0. The van der Waals surface area contributed by atoms with E-state index in [9.17, 15) is 29.9 Å². The average Bonchev–Trinajstić information content (AvgIpc) is 3.65. The van der Waals surface area contributed by atoms with Crippen molar-refractivity contribution in [3.8, 4) is 34.6 Å². The van der Waals surface area contributed by atoms with Crippen molar-refractivity contribution in [2.24, 2.45) is 0 Å². The molecule has 60 heavy (non-hydrogen) atoms. The van der Waals surface area contributed by atoms with Crippen LogP contribution in [-0.4, -0.2) is 90.4 Å². The average molecular weight is 806 g/mol. The molecule has 8 rings (SSSR count). The molecule has 0 bridgehead atoms. The highest BCUT2D eigenvalue weighted by Crippen LogP contribution is 2.35. The smallest absolute Gasteiger partial charge is 0.348 e. The Morgan fingerprint density at radius 3 is 2.60 bits per heavy atom. The van der Waals surface area contributed by atoms with E-state index < -0.39 is 5.69 Å². The number of hydrogen-bond acceptors (Lipinski definition) is 12. The van der Waals surface area contributed by atoms with Crippen molar-refractivity contribution in [1.82, 2.24) is 34.9 Å². The molecule has 2 amide bonds. The zero-order chi connectivity index (χ0) is 41.8. The lowest BCUT2D eigenvalue weighted by Gasteiger charge is -2.42. The van der Waals surface area contributed by atoms with Crippen LogP contribution in [0.25, 0.3) is 27.8 Å². The number of nitrogens with one attached hydrogen (secondary N) is 3. The number of phenolic OH excluding ortho intramolecular Hbond substituents is 2. The quantitative estimate of drug-likeness (QED) is 0.109. The topological polar surface area (TPSA) is 209 Å². The number of rotatable bonds is 12. The third kappa shape index (κ3) is 8.05. The Bertz CT molecular complexity index is 2680. The molecule has 0 unspecified atom stereocenters. The number of piperazine rings is 1. The molecule has 1 fully saturated rings. The van der Waals surface area contributed by atoms with Gasteiger partial charge in [0.2, 0.25) is 17.8 Å². The predicted octanol–water partition coefficient (Wildman–Crippen LogP) is 4.38. The van der Waals surface area contributed by atoms with Crippen LogP contribution in [0.2, 0.25) is 0 Å². The second kappa shape index (κ2) is 17.0. The number of nitrogens with zero attached hydrogens (tertiary/aromatic N) is 8. The Labute approximate surface area is 345 Å². The first-order valence-corrected chi connectivity index (χ1v) is 19.7. The van der Waals surface area contributed by atoms with Crippen LogP contribution in [0, 0.1) is 11.3 Å². The highest BCUT2D eigenvalue weighted by Gasteiger charge is 2.33. The summed E-state index contributed by atoms with van der Waals surface area (Å²) in [5.74, 6) is 0.600. The van der Waals surface area contributed by atoms with Gasteiger partial charge in [0.15, 0.2) is 5.82 Å². The Hall–Kier alpha value is -7.67. The molecular formula is C44H43N11O5. The minimum atomic E-state index is -0.506. The number of nitriles is 1. The van der Waals surface area contributed by atoms with E-state index >= 15 is 0 Å². The van der Waals surface area contributed by atoms with Gasteiger partial charge >= 0.3 is 5.69 Å². The van der Waals surface area contributed by atoms with Gasteiger partial charge in [0, 0.05) is 68.4 Å². The molecule has 6 aromatic rings. The number of carbonyl (C=O) groups is 2. The van der Waals surface area contributed by atoms with Crippen LogP contribution < -0.4 is 26.1 Å². The molecule has 4 heterocycles. The normalized spacial score (nSPS) is 15.0. The molecule has 0 radical (unpaired) electrons. The summed E-state index contributed by atoms with van der Waals surface area (Å²) < 4.78 is 1.31. The van der Waals surface area contributed by atoms with E-state index in [0.717, 1.165) is 45.6 Å². The number of aromatic hydroxyl groups is 2. The minimum absolute atomic E-state index is 0.120. The number of fused-ring (bicyclic) bond motifs is 2. The molecule has 304 valence electrons. The lowest BCUT2D eigenvalue weighted by Crippen LogP contribution is -2.55. The molecule has 0 saturated carbocycles. The highest BCUT2D eigenvalue weighted by atomic mass is 16.3. The van der Waals surface area contributed by atoms with Gasteiger partial charge in [-0.3, -0.25) is 9.59 Å². The largest absolute Gasteiger partial charge is 0.508 e. The Kier molecular flexibility index (Phi) is 11.1. The predicted molar refractivity (Wildman–Crippen MR) is 227 cm³/mol. The number of H-pyrrole nitrogens is 1. The monoisotopic (exact) mass is 805 g/mol. The Morgan fingerprint density at radius 1 is 0.983 bits per heavy atom. The van der Waals surface area contributed by atoms with Gasteiger partial charge in [-0.1, -0.05) is 55.1 Å². The van der Waals surface area contributed by atoms with E-state index in [1.54, 1.807) is 29.2 Å². The molecule has 1 atom stereocenters. The van der Waals surface area contributed by atoms with E-state index in [1.807, 2.05) is 12.1 Å². The van der Waals surface area contributed by atoms with Crippen molar-refractivity contribution in [3.05, 3.63) is 125 Å². The van der Waals surface area contributed by atoms with Crippen LogP contribution >= 0.6 is 0 Å². The van der Waals surface area contributed by atoms with E-state index in [0.29, 0.717) is 44.2 Å². The highest BCUT2D eigenvalue weighted by molar-refractivity contribution is 5.94. The van der Waals surface area contributed by atoms with Crippen molar-refractivity contribution in [3.63, 3.8) is 0 Å². The maximum Gasteiger partial charge on any atom is 0.348 e. The van der Waals surface area contributed by atoms with E-state index in [4.69, 9.17) is 9.97 Å². The SMILES string of the molecule is C=CC(=O)N1CCN(c2nc(NCCC(=O)NCc3ccc(-n4c(-c5ccc(O)cc5O)n[nH]c4=O)cc3)nc3c2CCN(c2cccc4ccccc24)C3)C[C@H]1CC#N. The Balaban J connectivity index is 0.955. The molecule has 16 heteroatoms. The summed E-state index contributed by atoms with van der Waals surface area (Å²) in [6.07, 6.45) is 2.32. The molecule has 2 aromatic heterocycles. The van der Waals surface area contributed by atoms with Gasteiger partial charge < -0.3 is 35.5 Å². The third-order valence-electron chi connectivity index (χ3n) is 10.9. The van der Waals surface area contributed by atoms with Crippen LogP contribution in [0.3, 0.4) is 0 Å². The van der Waals surface area contributed by atoms with Crippen LogP contribution in [-0.2, 0) is 29.1 Å². The number of aromatic nitrogens is 5. The summed E-state index contributed by atoms with van der Waals surface area (Å²) in [5, 5.41) is 44.7. The number of aromatic amines is 1. The van der Waals surface area contributed by atoms with Crippen molar-refractivity contribution < 1.29 is 19.8 Å². The zero-order valence-electron chi connectivity index (χ0n) is 32.7. The van der Waals surface area contributed by atoms with E-state index in [-0.39, 0.29) is 66.7 Å². The number of anilines is 3. The first-order chi connectivity index (χ1) is 29.2. The number of hydrogen-bond donors (Lipinski definition) is 5. The van der Waals surface area contributed by atoms with Gasteiger partial charge in [0.25, 0.3) is 0 Å². The van der Waals surface area contributed by atoms with Gasteiger partial charge in [0.1, 0.15) is 17.3 Å². The summed E-state index contributed by atoms with van der Waals surface area (Å²) >= 11 is 0. The fourth-order valence-electron chi connectivity index (χ4n) is 7.94. The minimum Gasteiger partial charge on any atom is -0.508 e. The standard InChI is InChI=1S/C44H43N11O5/c1-2-40(59)54-23-22-53(26-31(54)16-19-45)41-34-18-21-52(37-9-5-7-29-6-3-4-8-33(29)37)27-36(34)48-43(49-41)46-20-17-39(58)47-25-28-10-12-30(13-11-28)55-42(50-51-44(55)60)35-15-14-32(56)24-38(35)57/h2-15,24,31,56-57H,1,16-18,20-23,25-27H2,(H,47,58)(H,51,60)(H,46,48,49)/t31-/m1/s1. The van der Waals surface area contributed by atoms with Crippen LogP contribution in [0.15, 0.2) is 102 Å². The summed E-state index contributed by atoms with van der Waals surface area (Å²) in [4.78, 5) is 54.6. The van der Waals surface area contributed by atoms with Gasteiger partial charge in [-0.05, 0) is 53.8 Å². The van der Waals surface area contributed by atoms with Crippen LogP contribution in [0.1, 0.15) is 29.7 Å². The number of amides is 2. The molecule has 2 aliphatic rings. The maximum absolute atomic E-state index is 13.1. The van der Waals surface area contributed by atoms with Gasteiger partial charge in [-0.2, -0.15) is 15.3 Å². The summed E-state index contributed by atoms with van der Waals surface area (Å²) in [7, 11) is 0. The number of phenols is 2. The van der Waals surface area contributed by atoms with Crippen LogP contribution in [0.4, 0.5) is 17.5 Å². The molecule has 1 saturated heterocycles. The molecule has 5 N–H and O–H groups in total. The summed E-state index contributed by atoms with van der Waals surface area (Å²) in [6, 6.07) is 27.6. The van der Waals surface area contributed by atoms with Crippen molar-refractivity contribution in [1.29, 1.82) is 5.26 Å². The van der Waals surface area contributed by atoms with E-state index in [2.05, 4.69) is 73.6 Å². The second-order valence-corrected chi connectivity index (χ2v) is 14.7. The molecule has 4 aromatic carbocycles. The van der Waals surface area contributed by atoms with Crippen molar-refractivity contribution in [2.75, 3.05) is 47.8 Å². The molecule has 0 aliphatic carbocycles. The fourth-order valence-corrected chi connectivity index (χ4v) is 7.94. The maximum atomic E-state index is 13.1. The second-order valence-electron chi connectivity index (χ2n) is 14.7. The number of carbonyl (C=O) groups excluding carboxylic acids is 2. The molecule has 2 aliphatic heterocycles. The van der Waals surface area contributed by atoms with Gasteiger partial charge in [-0.25, -0.2) is 19.4 Å². The number of benzene rings is 4. The summed E-state index contributed by atoms with van der Waals surface area (Å²) in [6.45, 7) is 6.88. The van der Waals surface area contributed by atoms with Gasteiger partial charge in [0.05, 0.1) is 42.0 Å². The summed E-state index contributed by atoms with van der Waals surface area (Å²) in [5.41, 5.74) is 4.09. The third-order valence-corrected chi connectivity index (χ3v) is 10.9. The first kappa shape index (κ1) is 39.2. The Morgan fingerprint density at radius 2 is 1.80 bits per heavy atom. The molecule has 16 nitrogen and oxygen atoms in total.